The number of amides is 3. The Hall–Kier alpha value is -2.28. The van der Waals surface area contributed by atoms with Gasteiger partial charge in [0.15, 0.2) is 5.11 Å². The van der Waals surface area contributed by atoms with Crippen LogP contribution in [0.4, 0.5) is 0 Å². The summed E-state index contributed by atoms with van der Waals surface area (Å²) in [4.78, 5) is 37.1. The van der Waals surface area contributed by atoms with E-state index in [0.29, 0.717) is 23.6 Å². The topological polar surface area (TPSA) is 78.5 Å². The summed E-state index contributed by atoms with van der Waals surface area (Å²) in [6.07, 6.45) is 0. The zero-order valence-electron chi connectivity index (χ0n) is 12.4. The van der Waals surface area contributed by atoms with Crippen molar-refractivity contribution in [2.75, 3.05) is 13.1 Å². The monoisotopic (exact) mass is 319 g/mol. The average Bonchev–Trinajstić information content (AvgIpc) is 2.71. The Labute approximate surface area is 133 Å². The first-order chi connectivity index (χ1) is 10.4. The van der Waals surface area contributed by atoms with Gasteiger partial charge in [-0.15, -0.1) is 0 Å². The Morgan fingerprint density at radius 2 is 1.73 bits per heavy atom. The first-order valence-electron chi connectivity index (χ1n) is 6.93. The normalized spacial score (nSPS) is 13.3. The van der Waals surface area contributed by atoms with Crippen molar-refractivity contribution in [3.63, 3.8) is 0 Å². The van der Waals surface area contributed by atoms with Crippen molar-refractivity contribution in [1.29, 1.82) is 0 Å². The van der Waals surface area contributed by atoms with Crippen molar-refractivity contribution in [3.8, 4) is 0 Å². The van der Waals surface area contributed by atoms with Gasteiger partial charge in [0.25, 0.3) is 11.8 Å². The van der Waals surface area contributed by atoms with Crippen molar-refractivity contribution in [1.82, 2.24) is 15.5 Å². The van der Waals surface area contributed by atoms with Gasteiger partial charge in [0.1, 0.15) is 6.54 Å². The average molecular weight is 319 g/mol. The minimum atomic E-state index is -0.504. The Kier molecular flexibility index (Phi) is 4.87. The molecule has 3 amide bonds. The molecule has 22 heavy (non-hydrogen) atoms. The van der Waals surface area contributed by atoms with Gasteiger partial charge in [-0.1, -0.05) is 26.0 Å². The lowest BCUT2D eigenvalue weighted by atomic mass is 10.1. The predicted molar refractivity (Wildman–Crippen MR) is 85.4 cm³/mol. The molecule has 0 bridgehead atoms. The van der Waals surface area contributed by atoms with Crippen LogP contribution in [-0.2, 0) is 4.79 Å². The van der Waals surface area contributed by atoms with Gasteiger partial charge in [-0.05, 0) is 30.3 Å². The van der Waals surface area contributed by atoms with E-state index in [4.69, 9.17) is 12.2 Å². The number of rotatable bonds is 4. The van der Waals surface area contributed by atoms with E-state index >= 15 is 0 Å². The summed E-state index contributed by atoms with van der Waals surface area (Å²) in [5, 5.41) is 5.54. The molecule has 0 atom stereocenters. The molecular weight excluding hydrogens is 302 g/mol. The van der Waals surface area contributed by atoms with E-state index in [9.17, 15) is 14.4 Å². The van der Waals surface area contributed by atoms with Crippen LogP contribution in [0.15, 0.2) is 24.3 Å². The van der Waals surface area contributed by atoms with E-state index in [1.807, 2.05) is 13.8 Å². The minimum Gasteiger partial charge on any atom is -0.362 e. The lowest BCUT2D eigenvalue weighted by Crippen LogP contribution is -2.46. The highest BCUT2D eigenvalue weighted by Crippen LogP contribution is 2.21. The molecule has 0 aliphatic carbocycles. The Balaban J connectivity index is 1.95. The van der Waals surface area contributed by atoms with Crippen LogP contribution in [0.5, 0.6) is 0 Å². The molecule has 0 fully saturated rings. The van der Waals surface area contributed by atoms with E-state index in [1.165, 1.54) is 0 Å². The molecule has 1 heterocycles. The molecule has 0 saturated carbocycles. The molecule has 1 aliphatic heterocycles. The van der Waals surface area contributed by atoms with Crippen molar-refractivity contribution in [2.45, 2.75) is 13.8 Å². The van der Waals surface area contributed by atoms with Gasteiger partial charge in [-0.25, -0.2) is 0 Å². The smallest absolute Gasteiger partial charge is 0.262 e. The highest BCUT2D eigenvalue weighted by molar-refractivity contribution is 7.80. The second-order valence-corrected chi connectivity index (χ2v) is 5.80. The van der Waals surface area contributed by atoms with Gasteiger partial charge in [0.2, 0.25) is 5.91 Å². The first kappa shape index (κ1) is 16.1. The second-order valence-electron chi connectivity index (χ2n) is 5.39. The summed E-state index contributed by atoms with van der Waals surface area (Å²) >= 11 is 4.99. The summed E-state index contributed by atoms with van der Waals surface area (Å²) in [6, 6.07) is 6.50. The van der Waals surface area contributed by atoms with Crippen LogP contribution < -0.4 is 10.6 Å². The van der Waals surface area contributed by atoms with Crippen LogP contribution in [0.1, 0.15) is 34.6 Å². The first-order valence-corrected chi connectivity index (χ1v) is 7.34. The molecule has 1 aliphatic rings. The van der Waals surface area contributed by atoms with E-state index < -0.39 is 17.7 Å². The summed E-state index contributed by atoms with van der Waals surface area (Å²) < 4.78 is 0. The highest BCUT2D eigenvalue weighted by Gasteiger charge is 2.36. The summed E-state index contributed by atoms with van der Waals surface area (Å²) in [5.41, 5.74) is 0.640. The third-order valence-electron chi connectivity index (χ3n) is 3.10. The number of benzene rings is 1. The standard InChI is InChI=1S/C15H17N3O3S/c1-9(2)7-16-15(22)17-12(19)8-18-13(20)10-5-3-4-6-11(10)14(18)21/h3-6,9H,7-8H2,1-2H3,(H2,16,17,19,22). The van der Waals surface area contributed by atoms with Crippen LogP contribution in [0.25, 0.3) is 0 Å². The molecule has 2 rings (SSSR count). The Bertz CT molecular complexity index is 608. The van der Waals surface area contributed by atoms with Crippen molar-refractivity contribution in [3.05, 3.63) is 35.4 Å². The number of hydrogen-bond donors (Lipinski definition) is 2. The number of carbonyl (C=O) groups excluding carboxylic acids is 3. The predicted octanol–water partition coefficient (Wildman–Crippen LogP) is 0.929. The fourth-order valence-corrected chi connectivity index (χ4v) is 2.23. The van der Waals surface area contributed by atoms with E-state index in [-0.39, 0.29) is 11.7 Å². The fourth-order valence-electron chi connectivity index (χ4n) is 2.03. The molecule has 1 aromatic rings. The third kappa shape index (κ3) is 3.48. The number of thiocarbonyl (C=S) groups is 1. The number of fused-ring (bicyclic) bond motifs is 1. The molecule has 6 nitrogen and oxygen atoms in total. The molecule has 0 radical (unpaired) electrons. The summed E-state index contributed by atoms with van der Waals surface area (Å²) in [5.74, 6) is -1.05. The zero-order chi connectivity index (χ0) is 16.3. The molecule has 1 aromatic carbocycles. The van der Waals surface area contributed by atoms with Gasteiger partial charge in [0, 0.05) is 6.54 Å². The van der Waals surface area contributed by atoms with Crippen LogP contribution in [0.2, 0.25) is 0 Å². The van der Waals surface area contributed by atoms with E-state index in [0.717, 1.165) is 4.90 Å². The largest absolute Gasteiger partial charge is 0.362 e. The quantitative estimate of drug-likeness (QED) is 0.637. The summed E-state index contributed by atoms with van der Waals surface area (Å²) in [7, 11) is 0. The summed E-state index contributed by atoms with van der Waals surface area (Å²) in [6.45, 7) is 4.30. The van der Waals surface area contributed by atoms with Gasteiger partial charge >= 0.3 is 0 Å². The highest BCUT2D eigenvalue weighted by atomic mass is 32.1. The fraction of sp³-hybridized carbons (Fsp3) is 0.333. The molecular formula is C15H17N3O3S. The maximum atomic E-state index is 12.1. The number of nitrogens with zero attached hydrogens (tertiary/aromatic N) is 1. The number of hydrogen-bond acceptors (Lipinski definition) is 4. The van der Waals surface area contributed by atoms with Crippen molar-refractivity contribution in [2.24, 2.45) is 5.92 Å². The molecule has 7 heteroatoms. The molecule has 0 saturated heterocycles. The maximum Gasteiger partial charge on any atom is 0.262 e. The van der Waals surface area contributed by atoms with E-state index in [1.54, 1.807) is 24.3 Å². The maximum absolute atomic E-state index is 12.1. The van der Waals surface area contributed by atoms with Crippen LogP contribution in [0, 0.1) is 5.92 Å². The molecule has 0 aromatic heterocycles. The van der Waals surface area contributed by atoms with Gasteiger partial charge in [0.05, 0.1) is 11.1 Å². The van der Waals surface area contributed by atoms with E-state index in [2.05, 4.69) is 10.6 Å². The van der Waals surface area contributed by atoms with Crippen LogP contribution in [-0.4, -0.2) is 40.8 Å². The molecule has 0 unspecified atom stereocenters. The Morgan fingerprint density at radius 3 is 2.23 bits per heavy atom. The second kappa shape index (κ2) is 6.65. The Morgan fingerprint density at radius 1 is 1.18 bits per heavy atom. The van der Waals surface area contributed by atoms with Gasteiger partial charge in [-0.3, -0.25) is 19.3 Å². The SMILES string of the molecule is CC(C)CNC(=S)NC(=O)CN1C(=O)c2ccccc2C1=O. The molecule has 2 N–H and O–H groups in total. The lowest BCUT2D eigenvalue weighted by molar-refractivity contribution is -0.120. The third-order valence-corrected chi connectivity index (χ3v) is 3.35. The lowest BCUT2D eigenvalue weighted by Gasteiger charge is -2.15. The molecule has 0 spiro atoms. The van der Waals surface area contributed by atoms with Gasteiger partial charge < -0.3 is 10.6 Å². The number of imide groups is 1. The van der Waals surface area contributed by atoms with Crippen molar-refractivity contribution >= 4 is 35.1 Å². The van der Waals surface area contributed by atoms with Crippen LogP contribution >= 0.6 is 12.2 Å². The minimum absolute atomic E-state index is 0.190. The van der Waals surface area contributed by atoms with Crippen LogP contribution in [0.3, 0.4) is 0 Å². The number of nitrogens with one attached hydrogen (secondary N) is 2. The van der Waals surface area contributed by atoms with Crippen molar-refractivity contribution < 1.29 is 14.4 Å². The van der Waals surface area contributed by atoms with Gasteiger partial charge in [-0.2, -0.15) is 0 Å². The molecule has 116 valence electrons. The zero-order valence-corrected chi connectivity index (χ0v) is 13.2. The number of carbonyl (C=O) groups is 3.